The van der Waals surface area contributed by atoms with E-state index in [-0.39, 0.29) is 42.1 Å². The molecule has 5 atom stereocenters. The average Bonchev–Trinajstić information content (AvgIpc) is 3.10. The molecule has 0 N–H and O–H groups in total. The van der Waals surface area contributed by atoms with Crippen LogP contribution in [0.1, 0.15) is 109 Å². The maximum Gasteiger partial charge on any atom is 0.319 e. The zero-order chi connectivity index (χ0) is 36.6. The number of hydrogen-bond acceptors (Lipinski definition) is 12. The smallest absolute Gasteiger partial charge is 0.319 e. The van der Waals surface area contributed by atoms with Crippen LogP contribution in [0.2, 0.25) is 0 Å². The van der Waals surface area contributed by atoms with E-state index >= 15 is 0 Å². The molecule has 0 aliphatic carbocycles. The fourth-order valence-electron chi connectivity index (χ4n) is 4.95. The number of ether oxygens (including phenoxy) is 4. The maximum atomic E-state index is 13.5. The SMILES string of the molecule is CCCCOC(=O)C(C)CSCc1ccc(C(CC(CC(C)C(=O)OC)C(=O)OCCCC)CC(SC(=S)SC)C(=O)OCCCC)cc1. The molecule has 0 radical (unpaired) electrons. The van der Waals surface area contributed by atoms with Gasteiger partial charge in [-0.2, -0.15) is 11.8 Å². The van der Waals surface area contributed by atoms with Crippen molar-refractivity contribution in [2.75, 3.05) is 38.9 Å². The lowest BCUT2D eigenvalue weighted by Crippen LogP contribution is -2.29. The quantitative estimate of drug-likeness (QED) is 0.0411. The Kier molecular flexibility index (Phi) is 24.9. The summed E-state index contributed by atoms with van der Waals surface area (Å²) in [5.41, 5.74) is 2.07. The van der Waals surface area contributed by atoms with Crippen LogP contribution in [0.4, 0.5) is 0 Å². The van der Waals surface area contributed by atoms with E-state index in [0.29, 0.717) is 41.9 Å². The van der Waals surface area contributed by atoms with Crippen LogP contribution in [-0.2, 0) is 43.9 Å². The van der Waals surface area contributed by atoms with E-state index < -0.39 is 17.1 Å². The van der Waals surface area contributed by atoms with E-state index in [0.717, 1.165) is 55.4 Å². The van der Waals surface area contributed by atoms with Gasteiger partial charge in [0.2, 0.25) is 0 Å². The third-order valence-corrected chi connectivity index (χ3v) is 12.1. The number of carbonyl (C=O) groups excluding carboxylic acids is 4. The van der Waals surface area contributed by atoms with E-state index in [1.807, 2.05) is 39.2 Å². The van der Waals surface area contributed by atoms with Crippen molar-refractivity contribution in [1.82, 2.24) is 0 Å². The fraction of sp³-hybridized carbons (Fsp3) is 0.703. The van der Waals surface area contributed by atoms with Crippen molar-refractivity contribution in [3.05, 3.63) is 35.4 Å². The molecule has 0 saturated carbocycles. The van der Waals surface area contributed by atoms with Crippen molar-refractivity contribution in [3.8, 4) is 0 Å². The first-order valence-electron chi connectivity index (χ1n) is 17.5. The minimum atomic E-state index is -0.584. The lowest BCUT2D eigenvalue weighted by Gasteiger charge is -2.27. The second-order valence-electron chi connectivity index (χ2n) is 12.3. The van der Waals surface area contributed by atoms with Crippen LogP contribution in [0.25, 0.3) is 0 Å². The topological polar surface area (TPSA) is 105 Å². The number of rotatable bonds is 25. The summed E-state index contributed by atoms with van der Waals surface area (Å²) in [6.07, 6.45) is 8.10. The predicted octanol–water partition coefficient (Wildman–Crippen LogP) is 9.01. The standard InChI is InChI=1S/C37H58O8S4/c1-8-11-18-43-34(39)27(5)24-48-25-28-14-16-29(17-15-28)30(23-32(49-37(46)47-7)36(41)45-20-13-10-3)22-31(21-26(4)33(38)42-6)35(40)44-19-12-9-2/h14-17,26-27,30-32H,8-13,18-25H2,1-7H3. The Bertz CT molecular complexity index is 1130. The number of thioether (sulfide) groups is 3. The number of unbranched alkanes of at least 4 members (excludes halogenated alkanes) is 3. The van der Waals surface area contributed by atoms with Crippen LogP contribution in [0.3, 0.4) is 0 Å². The van der Waals surface area contributed by atoms with Gasteiger partial charge in [0.15, 0.2) is 0 Å². The van der Waals surface area contributed by atoms with Crippen LogP contribution < -0.4 is 0 Å². The van der Waals surface area contributed by atoms with Gasteiger partial charge in [-0.05, 0) is 61.8 Å². The molecule has 0 spiro atoms. The summed E-state index contributed by atoms with van der Waals surface area (Å²) in [4.78, 5) is 51.5. The molecule has 0 fully saturated rings. The van der Waals surface area contributed by atoms with Gasteiger partial charge in [0.1, 0.15) is 8.78 Å². The zero-order valence-corrected chi connectivity index (χ0v) is 33.8. The summed E-state index contributed by atoms with van der Waals surface area (Å²) in [7, 11) is 1.34. The highest BCUT2D eigenvalue weighted by Gasteiger charge is 2.33. The van der Waals surface area contributed by atoms with Crippen LogP contribution >= 0.6 is 47.5 Å². The van der Waals surface area contributed by atoms with Crippen LogP contribution in [0.5, 0.6) is 0 Å². The predicted molar refractivity (Wildman–Crippen MR) is 208 cm³/mol. The van der Waals surface area contributed by atoms with Gasteiger partial charge in [0.25, 0.3) is 0 Å². The number of esters is 4. The zero-order valence-electron chi connectivity index (χ0n) is 30.5. The number of benzene rings is 1. The molecule has 12 heteroatoms. The van der Waals surface area contributed by atoms with Gasteiger partial charge in [0, 0.05) is 11.5 Å². The third-order valence-electron chi connectivity index (χ3n) is 8.03. The largest absolute Gasteiger partial charge is 0.469 e. The Morgan fingerprint density at radius 3 is 1.82 bits per heavy atom. The van der Waals surface area contributed by atoms with Gasteiger partial charge in [-0.25, -0.2) is 0 Å². The summed E-state index contributed by atoms with van der Waals surface area (Å²) < 4.78 is 22.3. The Morgan fingerprint density at radius 1 is 0.735 bits per heavy atom. The van der Waals surface area contributed by atoms with E-state index in [4.69, 9.17) is 31.2 Å². The first-order valence-corrected chi connectivity index (χ1v) is 21.2. The first-order chi connectivity index (χ1) is 23.5. The van der Waals surface area contributed by atoms with Crippen LogP contribution in [-0.4, -0.2) is 71.6 Å². The van der Waals surface area contributed by atoms with Crippen molar-refractivity contribution >= 4 is 74.9 Å². The van der Waals surface area contributed by atoms with E-state index in [9.17, 15) is 19.2 Å². The van der Waals surface area contributed by atoms with Crippen molar-refractivity contribution in [2.45, 2.75) is 109 Å². The summed E-state index contributed by atoms with van der Waals surface area (Å²) in [6.45, 7) is 10.9. The summed E-state index contributed by atoms with van der Waals surface area (Å²) in [5.74, 6) is -1.34. The Labute approximate surface area is 313 Å². The molecular weight excluding hydrogens is 701 g/mol. The molecule has 1 aromatic carbocycles. The Balaban J connectivity index is 3.32. The molecule has 49 heavy (non-hydrogen) atoms. The third kappa shape index (κ3) is 18.9. The normalized spacial score (nSPS) is 14.2. The molecule has 0 amide bonds. The highest BCUT2D eigenvalue weighted by atomic mass is 32.2. The molecule has 1 aromatic rings. The maximum absolute atomic E-state index is 13.5. The second-order valence-corrected chi connectivity index (χ2v) is 16.5. The molecule has 0 heterocycles. The number of thiocarbonyl (C=S) groups is 1. The Morgan fingerprint density at radius 2 is 1.29 bits per heavy atom. The van der Waals surface area contributed by atoms with Gasteiger partial charge in [-0.1, -0.05) is 102 Å². The average molecular weight is 759 g/mol. The van der Waals surface area contributed by atoms with Gasteiger partial charge in [-0.3, -0.25) is 19.2 Å². The molecule has 1 rings (SSSR count). The van der Waals surface area contributed by atoms with Crippen molar-refractivity contribution in [2.24, 2.45) is 17.8 Å². The summed E-state index contributed by atoms with van der Waals surface area (Å²) in [5, 5.41) is -0.564. The number of methoxy groups -OCH3 is 1. The molecule has 0 aromatic heterocycles. The minimum absolute atomic E-state index is 0.162. The molecule has 0 aliphatic rings. The molecular formula is C37H58O8S4. The molecule has 0 saturated heterocycles. The summed E-state index contributed by atoms with van der Waals surface area (Å²) >= 11 is 9.94. The van der Waals surface area contributed by atoms with Crippen molar-refractivity contribution in [3.63, 3.8) is 0 Å². The van der Waals surface area contributed by atoms with Crippen LogP contribution in [0, 0.1) is 17.8 Å². The van der Waals surface area contributed by atoms with Gasteiger partial charge < -0.3 is 18.9 Å². The number of hydrogen-bond donors (Lipinski definition) is 0. The highest BCUT2D eigenvalue weighted by Crippen LogP contribution is 2.37. The van der Waals surface area contributed by atoms with Gasteiger partial charge in [0.05, 0.1) is 44.7 Å². The van der Waals surface area contributed by atoms with Crippen LogP contribution in [0.15, 0.2) is 24.3 Å². The van der Waals surface area contributed by atoms with E-state index in [1.54, 1.807) is 18.7 Å². The molecule has 0 bridgehead atoms. The molecule has 278 valence electrons. The minimum Gasteiger partial charge on any atom is -0.469 e. The highest BCUT2D eigenvalue weighted by molar-refractivity contribution is 8.47. The van der Waals surface area contributed by atoms with Crippen molar-refractivity contribution in [1.29, 1.82) is 0 Å². The van der Waals surface area contributed by atoms with E-state index in [1.165, 1.54) is 30.6 Å². The lowest BCUT2D eigenvalue weighted by atomic mass is 9.81. The van der Waals surface area contributed by atoms with Gasteiger partial charge in [-0.15, -0.1) is 11.8 Å². The van der Waals surface area contributed by atoms with E-state index in [2.05, 4.69) is 19.1 Å². The number of carbonyl (C=O) groups is 4. The van der Waals surface area contributed by atoms with Crippen molar-refractivity contribution < 1.29 is 38.1 Å². The summed E-state index contributed by atoms with van der Waals surface area (Å²) in [6, 6.07) is 8.20. The fourth-order valence-corrected chi connectivity index (χ4v) is 7.79. The lowest BCUT2D eigenvalue weighted by molar-refractivity contribution is -0.152. The Hall–Kier alpha value is -1.76. The molecule has 8 nitrogen and oxygen atoms in total. The first kappa shape index (κ1) is 45.3. The molecule has 5 unspecified atom stereocenters. The monoisotopic (exact) mass is 758 g/mol. The molecule has 0 aliphatic heterocycles. The second kappa shape index (κ2) is 27.0. The van der Waals surface area contributed by atoms with Gasteiger partial charge >= 0.3 is 23.9 Å².